The van der Waals surface area contributed by atoms with Crippen LogP contribution in [0.1, 0.15) is 33.6 Å². The first-order chi connectivity index (χ1) is 7.37. The van der Waals surface area contributed by atoms with Crippen molar-refractivity contribution in [1.82, 2.24) is 0 Å². The van der Waals surface area contributed by atoms with Gasteiger partial charge in [-0.15, -0.1) is 0 Å². The van der Waals surface area contributed by atoms with Crippen LogP contribution in [0.5, 0.6) is 0 Å². The SMILES string of the molecule is CC(C)(C)[Si](C)(C)OCC1(OS(C)(=O)=O)CC1. The molecule has 0 unspecified atom stereocenters. The van der Waals surface area contributed by atoms with E-state index in [0.29, 0.717) is 6.61 Å². The van der Waals surface area contributed by atoms with Crippen LogP contribution in [0.2, 0.25) is 18.1 Å². The third-order valence-corrected chi connectivity index (χ3v) is 8.77. The van der Waals surface area contributed by atoms with Gasteiger partial charge in [0, 0.05) is 0 Å². The first-order valence-electron chi connectivity index (χ1n) is 5.92. The summed E-state index contributed by atoms with van der Waals surface area (Å²) in [5.74, 6) is 0. The minimum atomic E-state index is -3.39. The molecule has 0 amide bonds. The molecule has 0 aromatic carbocycles. The van der Waals surface area contributed by atoms with E-state index in [9.17, 15) is 8.42 Å². The van der Waals surface area contributed by atoms with Gasteiger partial charge in [-0.1, -0.05) is 20.8 Å². The quantitative estimate of drug-likeness (QED) is 0.573. The Bertz CT molecular complexity index is 377. The Labute approximate surface area is 106 Å². The van der Waals surface area contributed by atoms with Gasteiger partial charge in [-0.2, -0.15) is 8.42 Å². The molecule has 1 aliphatic rings. The topological polar surface area (TPSA) is 52.6 Å². The Morgan fingerprint density at radius 3 is 2.00 bits per heavy atom. The van der Waals surface area contributed by atoms with Crippen LogP contribution in [-0.2, 0) is 18.7 Å². The Balaban J connectivity index is 2.58. The van der Waals surface area contributed by atoms with E-state index in [1.807, 2.05) is 0 Å². The summed E-state index contributed by atoms with van der Waals surface area (Å²) in [4.78, 5) is 0. The summed E-state index contributed by atoms with van der Waals surface area (Å²) in [7, 11) is -5.21. The molecule has 1 saturated carbocycles. The molecule has 0 aromatic rings. The van der Waals surface area contributed by atoms with E-state index in [-0.39, 0.29) is 5.04 Å². The predicted molar refractivity (Wildman–Crippen MR) is 71.0 cm³/mol. The van der Waals surface area contributed by atoms with Gasteiger partial charge in [-0.25, -0.2) is 0 Å². The average molecular weight is 280 g/mol. The molecule has 6 heteroatoms. The molecule has 0 radical (unpaired) electrons. The van der Waals surface area contributed by atoms with Gasteiger partial charge < -0.3 is 4.43 Å². The summed E-state index contributed by atoms with van der Waals surface area (Å²) in [6.07, 6.45) is 2.64. The van der Waals surface area contributed by atoms with E-state index in [0.717, 1.165) is 19.1 Å². The van der Waals surface area contributed by atoms with Crippen molar-refractivity contribution in [1.29, 1.82) is 0 Å². The van der Waals surface area contributed by atoms with Crippen molar-refractivity contribution in [3.8, 4) is 0 Å². The molecule has 4 nitrogen and oxygen atoms in total. The largest absolute Gasteiger partial charge is 0.414 e. The van der Waals surface area contributed by atoms with E-state index >= 15 is 0 Å². The summed E-state index contributed by atoms with van der Waals surface area (Å²) in [5.41, 5.74) is -0.566. The number of hydrogen-bond acceptors (Lipinski definition) is 4. The maximum Gasteiger partial charge on any atom is 0.265 e. The van der Waals surface area contributed by atoms with E-state index in [4.69, 9.17) is 8.61 Å². The van der Waals surface area contributed by atoms with Gasteiger partial charge in [0.25, 0.3) is 10.1 Å². The van der Waals surface area contributed by atoms with Crippen LogP contribution in [0.3, 0.4) is 0 Å². The van der Waals surface area contributed by atoms with Crippen LogP contribution in [0.4, 0.5) is 0 Å². The van der Waals surface area contributed by atoms with Crippen molar-refractivity contribution in [3.05, 3.63) is 0 Å². The highest BCUT2D eigenvalue weighted by Gasteiger charge is 2.49. The van der Waals surface area contributed by atoms with Crippen molar-refractivity contribution in [2.75, 3.05) is 12.9 Å². The molecule has 0 spiro atoms. The molecular formula is C11H24O4SSi. The summed E-state index contributed by atoms with van der Waals surface area (Å²) in [5, 5.41) is 0.133. The normalized spacial score (nSPS) is 20.4. The van der Waals surface area contributed by atoms with Crippen LogP contribution in [-0.4, -0.2) is 35.2 Å². The highest BCUT2D eigenvalue weighted by molar-refractivity contribution is 7.86. The zero-order valence-corrected chi connectivity index (χ0v) is 13.5. The molecule has 0 N–H and O–H groups in total. The number of hydrogen-bond donors (Lipinski definition) is 0. The van der Waals surface area contributed by atoms with Gasteiger partial charge in [0.2, 0.25) is 0 Å². The molecule has 0 aromatic heterocycles. The monoisotopic (exact) mass is 280 g/mol. The first kappa shape index (κ1) is 15.1. The molecule has 102 valence electrons. The summed E-state index contributed by atoms with van der Waals surface area (Å²) >= 11 is 0. The maximum atomic E-state index is 11.1. The van der Waals surface area contributed by atoms with E-state index in [1.165, 1.54) is 0 Å². The second kappa shape index (κ2) is 4.33. The van der Waals surface area contributed by atoms with Crippen molar-refractivity contribution in [2.24, 2.45) is 0 Å². The molecule has 1 fully saturated rings. The van der Waals surface area contributed by atoms with Crippen molar-refractivity contribution >= 4 is 18.4 Å². The van der Waals surface area contributed by atoms with Crippen LogP contribution in [0.15, 0.2) is 0 Å². The third kappa shape index (κ3) is 4.35. The lowest BCUT2D eigenvalue weighted by Crippen LogP contribution is -2.43. The fourth-order valence-corrected chi connectivity index (χ4v) is 3.15. The molecule has 17 heavy (non-hydrogen) atoms. The van der Waals surface area contributed by atoms with Crippen LogP contribution in [0.25, 0.3) is 0 Å². The van der Waals surface area contributed by atoms with Gasteiger partial charge in [0.1, 0.15) is 5.60 Å². The summed E-state index contributed by atoms with van der Waals surface area (Å²) in [6, 6.07) is 0. The lowest BCUT2D eigenvalue weighted by atomic mass is 10.2. The van der Waals surface area contributed by atoms with Gasteiger partial charge in [-0.3, -0.25) is 4.18 Å². The van der Waals surface area contributed by atoms with Crippen LogP contribution in [0, 0.1) is 0 Å². The molecule has 0 bridgehead atoms. The zero-order valence-electron chi connectivity index (χ0n) is 11.7. The molecule has 0 saturated heterocycles. The highest BCUT2D eigenvalue weighted by atomic mass is 32.2. The van der Waals surface area contributed by atoms with E-state index < -0.39 is 24.0 Å². The zero-order chi connectivity index (χ0) is 13.5. The smallest absolute Gasteiger partial charge is 0.265 e. The van der Waals surface area contributed by atoms with Gasteiger partial charge in [0.15, 0.2) is 8.32 Å². The second-order valence-corrected chi connectivity index (χ2v) is 12.9. The van der Waals surface area contributed by atoms with Gasteiger partial charge in [0.05, 0.1) is 12.9 Å². The Morgan fingerprint density at radius 2 is 1.71 bits per heavy atom. The molecule has 1 aliphatic carbocycles. The highest BCUT2D eigenvalue weighted by Crippen LogP contribution is 2.44. The Kier molecular flexibility index (Phi) is 3.86. The maximum absolute atomic E-state index is 11.1. The second-order valence-electron chi connectivity index (χ2n) is 6.52. The molecule has 0 atom stereocenters. The molecule has 0 heterocycles. The van der Waals surface area contributed by atoms with E-state index in [1.54, 1.807) is 0 Å². The fourth-order valence-electron chi connectivity index (χ4n) is 1.24. The number of rotatable bonds is 5. The minimum absolute atomic E-state index is 0.133. The molecular weight excluding hydrogens is 256 g/mol. The lowest BCUT2D eigenvalue weighted by Gasteiger charge is -2.37. The van der Waals surface area contributed by atoms with E-state index in [2.05, 4.69) is 33.9 Å². The minimum Gasteiger partial charge on any atom is -0.414 e. The van der Waals surface area contributed by atoms with Gasteiger partial charge >= 0.3 is 0 Å². The lowest BCUT2D eigenvalue weighted by molar-refractivity contribution is 0.107. The van der Waals surface area contributed by atoms with Crippen LogP contribution < -0.4 is 0 Å². The Morgan fingerprint density at radius 1 is 1.24 bits per heavy atom. The van der Waals surface area contributed by atoms with Crippen molar-refractivity contribution < 1.29 is 17.0 Å². The third-order valence-electron chi connectivity index (χ3n) is 3.64. The Hall–Kier alpha value is 0.0869. The summed E-state index contributed by atoms with van der Waals surface area (Å²) in [6.45, 7) is 11.2. The van der Waals surface area contributed by atoms with Crippen LogP contribution >= 0.6 is 0 Å². The predicted octanol–water partition coefficient (Wildman–Crippen LogP) is 2.52. The molecule has 0 aliphatic heterocycles. The van der Waals surface area contributed by atoms with Crippen molar-refractivity contribution in [2.45, 2.75) is 57.3 Å². The molecule has 1 rings (SSSR count). The first-order valence-corrected chi connectivity index (χ1v) is 10.6. The average Bonchev–Trinajstić information content (AvgIpc) is 2.77. The summed E-state index contributed by atoms with van der Waals surface area (Å²) < 4.78 is 33.4. The van der Waals surface area contributed by atoms with Gasteiger partial charge in [-0.05, 0) is 31.0 Å². The fraction of sp³-hybridized carbons (Fsp3) is 1.00. The standard InChI is InChI=1S/C11H24O4SSi/c1-10(2,3)17(5,6)14-9-11(7-8-11)15-16(4,12)13/h7-9H2,1-6H3. The van der Waals surface area contributed by atoms with Crippen molar-refractivity contribution in [3.63, 3.8) is 0 Å².